The van der Waals surface area contributed by atoms with E-state index in [1.807, 2.05) is 6.92 Å². The van der Waals surface area contributed by atoms with Crippen LogP contribution in [0.25, 0.3) is 0 Å². The minimum Gasteiger partial charge on any atom is -0.394 e. The van der Waals surface area contributed by atoms with E-state index in [1.165, 1.54) is 19.3 Å². The van der Waals surface area contributed by atoms with Crippen LogP contribution in [0, 0.1) is 11.8 Å². The van der Waals surface area contributed by atoms with Gasteiger partial charge in [0.2, 0.25) is 0 Å². The van der Waals surface area contributed by atoms with Crippen LogP contribution in [-0.2, 0) is 4.74 Å². The van der Waals surface area contributed by atoms with E-state index < -0.39 is 5.54 Å². The Morgan fingerprint density at radius 2 is 2.00 bits per heavy atom. The zero-order valence-corrected chi connectivity index (χ0v) is 13.4. The van der Waals surface area contributed by atoms with E-state index in [9.17, 15) is 9.90 Å². The lowest BCUT2D eigenvalue weighted by atomic mass is 9.88. The molecule has 0 bridgehead atoms. The van der Waals surface area contributed by atoms with E-state index >= 15 is 0 Å². The summed E-state index contributed by atoms with van der Waals surface area (Å²) in [6.45, 7) is 5.21. The number of nitrogens with one attached hydrogen (secondary N) is 2. The normalized spacial score (nSPS) is 28.7. The van der Waals surface area contributed by atoms with E-state index in [2.05, 4.69) is 17.6 Å². The molecule has 2 aliphatic rings. The number of carbonyl (C=O) groups is 1. The number of hydrogen-bond donors (Lipinski definition) is 3. The first-order chi connectivity index (χ1) is 10.0. The summed E-state index contributed by atoms with van der Waals surface area (Å²) in [5, 5.41) is 15.2. The maximum Gasteiger partial charge on any atom is 0.315 e. The summed E-state index contributed by atoms with van der Waals surface area (Å²) in [7, 11) is 0. The second-order valence-electron chi connectivity index (χ2n) is 6.90. The quantitative estimate of drug-likeness (QED) is 0.630. The molecular formula is C16H30N2O3. The Labute approximate surface area is 127 Å². The minimum absolute atomic E-state index is 0.0127. The third-order valence-electron chi connectivity index (χ3n) is 4.96. The van der Waals surface area contributed by atoms with E-state index in [4.69, 9.17) is 4.74 Å². The van der Waals surface area contributed by atoms with Crippen molar-refractivity contribution in [2.75, 3.05) is 19.8 Å². The molecule has 0 radical (unpaired) electrons. The number of urea groups is 1. The average molecular weight is 298 g/mol. The SMILES string of the molecule is CC1CCCCC1OCCNC(=O)NC(C)(CO)C1CC1. The van der Waals surface area contributed by atoms with Crippen LogP contribution in [0.4, 0.5) is 4.79 Å². The summed E-state index contributed by atoms with van der Waals surface area (Å²) in [6, 6.07) is -0.209. The molecule has 0 aliphatic heterocycles. The highest BCUT2D eigenvalue weighted by Crippen LogP contribution is 2.39. The Kier molecular flexibility index (Phi) is 5.88. The van der Waals surface area contributed by atoms with Crippen molar-refractivity contribution < 1.29 is 14.6 Å². The third-order valence-corrected chi connectivity index (χ3v) is 4.96. The van der Waals surface area contributed by atoms with Crippen molar-refractivity contribution in [3.63, 3.8) is 0 Å². The summed E-state index contributed by atoms with van der Waals surface area (Å²) >= 11 is 0. The van der Waals surface area contributed by atoms with E-state index in [-0.39, 0.29) is 12.6 Å². The molecule has 3 unspecified atom stereocenters. The van der Waals surface area contributed by atoms with Crippen molar-refractivity contribution in [3.8, 4) is 0 Å². The highest BCUT2D eigenvalue weighted by molar-refractivity contribution is 5.74. The Morgan fingerprint density at radius 1 is 1.29 bits per heavy atom. The van der Waals surface area contributed by atoms with Crippen LogP contribution in [0.3, 0.4) is 0 Å². The average Bonchev–Trinajstić information content (AvgIpc) is 3.30. The van der Waals surface area contributed by atoms with E-state index in [0.29, 0.717) is 31.1 Å². The molecule has 0 aromatic rings. The van der Waals surface area contributed by atoms with Crippen molar-refractivity contribution >= 4 is 6.03 Å². The van der Waals surface area contributed by atoms with Gasteiger partial charge in [-0.05, 0) is 44.4 Å². The second kappa shape index (κ2) is 7.45. The Bertz CT molecular complexity index is 346. The highest BCUT2D eigenvalue weighted by Gasteiger charge is 2.42. The van der Waals surface area contributed by atoms with Gasteiger partial charge in [-0.2, -0.15) is 0 Å². The first-order valence-electron chi connectivity index (χ1n) is 8.33. The van der Waals surface area contributed by atoms with Gasteiger partial charge in [0.25, 0.3) is 0 Å². The Morgan fingerprint density at radius 3 is 2.62 bits per heavy atom. The molecule has 2 fully saturated rings. The topological polar surface area (TPSA) is 70.6 Å². The Balaban J connectivity index is 1.60. The zero-order chi connectivity index (χ0) is 15.3. The maximum absolute atomic E-state index is 11.9. The third kappa shape index (κ3) is 4.85. The molecule has 0 aromatic heterocycles. The summed E-state index contributed by atoms with van der Waals surface area (Å²) < 4.78 is 5.87. The molecule has 122 valence electrons. The molecule has 3 atom stereocenters. The maximum atomic E-state index is 11.9. The molecule has 2 rings (SSSR count). The van der Waals surface area contributed by atoms with Crippen LogP contribution >= 0.6 is 0 Å². The number of rotatable bonds is 7. The smallest absolute Gasteiger partial charge is 0.315 e. The molecule has 0 saturated heterocycles. The lowest BCUT2D eigenvalue weighted by Gasteiger charge is -2.30. The number of ether oxygens (including phenoxy) is 1. The van der Waals surface area contributed by atoms with Crippen molar-refractivity contribution in [1.29, 1.82) is 0 Å². The summed E-state index contributed by atoms with van der Waals surface area (Å²) in [5.74, 6) is 1.03. The second-order valence-corrected chi connectivity index (χ2v) is 6.90. The van der Waals surface area contributed by atoms with Gasteiger partial charge in [-0.15, -0.1) is 0 Å². The van der Waals surface area contributed by atoms with Crippen molar-refractivity contribution in [3.05, 3.63) is 0 Å². The van der Waals surface area contributed by atoms with Gasteiger partial charge in [-0.1, -0.05) is 19.8 Å². The van der Waals surface area contributed by atoms with Gasteiger partial charge in [-0.25, -0.2) is 4.79 Å². The van der Waals surface area contributed by atoms with Gasteiger partial charge in [0.05, 0.1) is 24.9 Å². The molecule has 0 heterocycles. The molecule has 2 saturated carbocycles. The van der Waals surface area contributed by atoms with Gasteiger partial charge in [0, 0.05) is 6.54 Å². The monoisotopic (exact) mass is 298 g/mol. The predicted molar refractivity (Wildman–Crippen MR) is 82.1 cm³/mol. The van der Waals surface area contributed by atoms with Crippen LogP contribution in [0.2, 0.25) is 0 Å². The van der Waals surface area contributed by atoms with Crippen LogP contribution in [0.1, 0.15) is 52.4 Å². The zero-order valence-electron chi connectivity index (χ0n) is 13.4. The van der Waals surface area contributed by atoms with Gasteiger partial charge in [0.1, 0.15) is 0 Å². The van der Waals surface area contributed by atoms with Crippen LogP contribution in [0.5, 0.6) is 0 Å². The van der Waals surface area contributed by atoms with Gasteiger partial charge >= 0.3 is 6.03 Å². The molecule has 21 heavy (non-hydrogen) atoms. The lowest BCUT2D eigenvalue weighted by Crippen LogP contribution is -2.54. The molecular weight excluding hydrogens is 268 g/mol. The van der Waals surface area contributed by atoms with Crippen molar-refractivity contribution in [2.24, 2.45) is 11.8 Å². The predicted octanol–water partition coefficient (Wildman–Crippen LogP) is 2.04. The highest BCUT2D eigenvalue weighted by atomic mass is 16.5. The van der Waals surface area contributed by atoms with Crippen LogP contribution < -0.4 is 10.6 Å². The first kappa shape index (κ1) is 16.6. The summed E-state index contributed by atoms with van der Waals surface area (Å²) in [6.07, 6.45) is 7.45. The molecule has 2 aliphatic carbocycles. The molecule has 0 spiro atoms. The van der Waals surface area contributed by atoms with E-state index in [1.54, 1.807) is 0 Å². The van der Waals surface area contributed by atoms with E-state index in [0.717, 1.165) is 19.3 Å². The molecule has 2 amide bonds. The molecule has 5 nitrogen and oxygen atoms in total. The van der Waals surface area contributed by atoms with Crippen molar-refractivity contribution in [1.82, 2.24) is 10.6 Å². The van der Waals surface area contributed by atoms with Crippen LogP contribution in [-0.4, -0.2) is 42.5 Å². The molecule has 5 heteroatoms. The fourth-order valence-corrected chi connectivity index (χ4v) is 3.20. The van der Waals surface area contributed by atoms with Crippen molar-refractivity contribution in [2.45, 2.75) is 64.0 Å². The fourth-order valence-electron chi connectivity index (χ4n) is 3.20. The summed E-state index contributed by atoms with van der Waals surface area (Å²) in [4.78, 5) is 11.9. The Hall–Kier alpha value is -0.810. The number of amides is 2. The first-order valence-corrected chi connectivity index (χ1v) is 8.33. The number of aliphatic hydroxyl groups is 1. The number of aliphatic hydroxyl groups excluding tert-OH is 1. The largest absolute Gasteiger partial charge is 0.394 e. The fraction of sp³-hybridized carbons (Fsp3) is 0.938. The minimum atomic E-state index is -0.483. The van der Waals surface area contributed by atoms with Gasteiger partial charge in [0.15, 0.2) is 0 Å². The number of carbonyl (C=O) groups excluding carboxylic acids is 1. The van der Waals surface area contributed by atoms with Crippen LogP contribution in [0.15, 0.2) is 0 Å². The molecule has 3 N–H and O–H groups in total. The van der Waals surface area contributed by atoms with Gasteiger partial charge < -0.3 is 20.5 Å². The summed E-state index contributed by atoms with van der Waals surface area (Å²) in [5.41, 5.74) is -0.483. The lowest BCUT2D eigenvalue weighted by molar-refractivity contribution is -0.00253. The standard InChI is InChI=1S/C16H30N2O3/c1-12-5-3-4-6-14(12)21-10-9-17-15(20)18-16(2,11-19)13-7-8-13/h12-14,19H,3-11H2,1-2H3,(H2,17,18,20). The number of hydrogen-bond acceptors (Lipinski definition) is 3. The molecule has 0 aromatic carbocycles. The van der Waals surface area contributed by atoms with Gasteiger partial charge in [-0.3, -0.25) is 0 Å².